The summed E-state index contributed by atoms with van der Waals surface area (Å²) in [5.41, 5.74) is 1.33. The molecule has 0 aliphatic carbocycles. The van der Waals surface area contributed by atoms with E-state index in [-0.39, 0.29) is 0 Å². The molecule has 104 valence electrons. The molecule has 4 heteroatoms. The predicted molar refractivity (Wildman–Crippen MR) is 74.5 cm³/mol. The summed E-state index contributed by atoms with van der Waals surface area (Å²) in [6, 6.07) is 8.90. The first-order chi connectivity index (χ1) is 9.38. The Balaban J connectivity index is 1.75. The Labute approximate surface area is 114 Å². The molecule has 0 saturated carbocycles. The van der Waals surface area contributed by atoms with Gasteiger partial charge in [-0.1, -0.05) is 18.2 Å². The molecule has 1 aromatic carbocycles. The summed E-state index contributed by atoms with van der Waals surface area (Å²) < 4.78 is 11.5. The predicted octanol–water partition coefficient (Wildman–Crippen LogP) is 1.43. The molecule has 1 aromatic rings. The van der Waals surface area contributed by atoms with E-state index in [4.69, 9.17) is 9.47 Å². The highest BCUT2D eigenvalue weighted by atomic mass is 16.5. The lowest BCUT2D eigenvalue weighted by Crippen LogP contribution is -2.48. The second kappa shape index (κ2) is 5.90. The molecule has 1 fully saturated rings. The quantitative estimate of drug-likeness (QED) is 0.893. The van der Waals surface area contributed by atoms with Crippen LogP contribution in [0.4, 0.5) is 0 Å². The summed E-state index contributed by atoms with van der Waals surface area (Å²) in [6.07, 6.45) is 1.37. The number of nitrogens with one attached hydrogen (secondary N) is 1. The van der Waals surface area contributed by atoms with E-state index in [0.717, 1.165) is 45.0 Å². The molecule has 0 spiro atoms. The molecule has 3 rings (SSSR count). The molecular formula is C15H22N2O2. The number of nitrogens with zero attached hydrogens (tertiary/aromatic N) is 1. The van der Waals surface area contributed by atoms with Gasteiger partial charge in [0.25, 0.3) is 0 Å². The van der Waals surface area contributed by atoms with Gasteiger partial charge in [-0.15, -0.1) is 0 Å². The molecule has 0 radical (unpaired) electrons. The highest BCUT2D eigenvalue weighted by molar-refractivity contribution is 5.37. The molecule has 2 atom stereocenters. The van der Waals surface area contributed by atoms with Crippen LogP contribution in [0.5, 0.6) is 5.75 Å². The molecule has 19 heavy (non-hydrogen) atoms. The summed E-state index contributed by atoms with van der Waals surface area (Å²) in [4.78, 5) is 2.55. The van der Waals surface area contributed by atoms with Crippen molar-refractivity contribution in [2.45, 2.75) is 18.6 Å². The first kappa shape index (κ1) is 12.9. The maximum atomic E-state index is 5.79. The van der Waals surface area contributed by atoms with Crippen LogP contribution in [-0.4, -0.2) is 50.9 Å². The smallest absolute Gasteiger partial charge is 0.124 e. The van der Waals surface area contributed by atoms with Gasteiger partial charge in [0, 0.05) is 37.7 Å². The van der Waals surface area contributed by atoms with Crippen LogP contribution in [0.2, 0.25) is 0 Å². The van der Waals surface area contributed by atoms with Crippen molar-refractivity contribution in [3.63, 3.8) is 0 Å². The van der Waals surface area contributed by atoms with Gasteiger partial charge in [-0.2, -0.15) is 0 Å². The fourth-order valence-electron chi connectivity index (χ4n) is 3.08. The van der Waals surface area contributed by atoms with Crippen LogP contribution in [0.1, 0.15) is 18.0 Å². The van der Waals surface area contributed by atoms with E-state index in [0.29, 0.717) is 12.1 Å². The van der Waals surface area contributed by atoms with Crippen LogP contribution in [0, 0.1) is 0 Å². The lowest BCUT2D eigenvalue weighted by molar-refractivity contribution is -0.0469. The summed E-state index contributed by atoms with van der Waals surface area (Å²) in [5.74, 6) is 1.05. The molecule has 2 aliphatic heterocycles. The van der Waals surface area contributed by atoms with E-state index in [1.807, 2.05) is 13.1 Å². The molecule has 0 bridgehead atoms. The third-order valence-electron chi connectivity index (χ3n) is 3.97. The summed E-state index contributed by atoms with van der Waals surface area (Å²) in [6.45, 7) is 4.57. The Morgan fingerprint density at radius 3 is 3.11 bits per heavy atom. The lowest BCUT2D eigenvalue weighted by Gasteiger charge is -2.40. The van der Waals surface area contributed by atoms with Gasteiger partial charge in [-0.3, -0.25) is 4.90 Å². The monoisotopic (exact) mass is 262 g/mol. The minimum absolute atomic E-state index is 0.300. The van der Waals surface area contributed by atoms with Gasteiger partial charge >= 0.3 is 0 Å². The summed E-state index contributed by atoms with van der Waals surface area (Å²) in [5, 5.41) is 3.20. The van der Waals surface area contributed by atoms with Gasteiger partial charge in [0.05, 0.1) is 19.3 Å². The maximum absolute atomic E-state index is 5.79. The number of hydrogen-bond donors (Lipinski definition) is 1. The van der Waals surface area contributed by atoms with Gasteiger partial charge in [0.15, 0.2) is 0 Å². The van der Waals surface area contributed by atoms with Crippen LogP contribution < -0.4 is 10.1 Å². The number of ether oxygens (including phenoxy) is 2. The van der Waals surface area contributed by atoms with Crippen LogP contribution in [0.3, 0.4) is 0 Å². The van der Waals surface area contributed by atoms with Gasteiger partial charge in [0.2, 0.25) is 0 Å². The molecule has 4 nitrogen and oxygen atoms in total. The van der Waals surface area contributed by atoms with Crippen molar-refractivity contribution in [3.8, 4) is 5.75 Å². The van der Waals surface area contributed by atoms with Crippen molar-refractivity contribution in [1.82, 2.24) is 10.2 Å². The Morgan fingerprint density at radius 2 is 2.21 bits per heavy atom. The Bertz CT molecular complexity index is 422. The van der Waals surface area contributed by atoms with Crippen molar-refractivity contribution in [3.05, 3.63) is 29.8 Å². The normalized spacial score (nSPS) is 27.6. The van der Waals surface area contributed by atoms with Crippen molar-refractivity contribution in [2.75, 3.05) is 39.9 Å². The van der Waals surface area contributed by atoms with E-state index in [9.17, 15) is 0 Å². The van der Waals surface area contributed by atoms with Gasteiger partial charge < -0.3 is 14.8 Å². The van der Waals surface area contributed by atoms with Crippen molar-refractivity contribution in [2.24, 2.45) is 0 Å². The van der Waals surface area contributed by atoms with Crippen molar-refractivity contribution >= 4 is 0 Å². The molecule has 0 aromatic heterocycles. The van der Waals surface area contributed by atoms with E-state index in [2.05, 4.69) is 28.4 Å². The number of benzene rings is 1. The Morgan fingerprint density at radius 1 is 1.32 bits per heavy atom. The topological polar surface area (TPSA) is 33.7 Å². The van der Waals surface area contributed by atoms with Crippen LogP contribution in [0.15, 0.2) is 24.3 Å². The van der Waals surface area contributed by atoms with Gasteiger partial charge in [0.1, 0.15) is 5.75 Å². The SMILES string of the molecule is CNCC1CN(C2CCOc3ccccc32)CCO1. The van der Waals surface area contributed by atoms with E-state index < -0.39 is 0 Å². The number of morpholine rings is 1. The highest BCUT2D eigenvalue weighted by Gasteiger charge is 2.30. The Kier molecular flexibility index (Phi) is 4.01. The molecular weight excluding hydrogens is 240 g/mol. The average Bonchev–Trinajstić information content (AvgIpc) is 2.47. The van der Waals surface area contributed by atoms with Gasteiger partial charge in [-0.25, -0.2) is 0 Å². The van der Waals surface area contributed by atoms with E-state index in [1.165, 1.54) is 5.56 Å². The largest absolute Gasteiger partial charge is 0.493 e. The lowest BCUT2D eigenvalue weighted by atomic mass is 9.98. The van der Waals surface area contributed by atoms with Crippen LogP contribution in [0.25, 0.3) is 0 Å². The van der Waals surface area contributed by atoms with E-state index >= 15 is 0 Å². The summed E-state index contributed by atoms with van der Waals surface area (Å²) >= 11 is 0. The number of fused-ring (bicyclic) bond motifs is 1. The first-order valence-corrected chi connectivity index (χ1v) is 7.10. The zero-order valence-corrected chi connectivity index (χ0v) is 11.5. The van der Waals surface area contributed by atoms with Crippen molar-refractivity contribution < 1.29 is 9.47 Å². The fraction of sp³-hybridized carbons (Fsp3) is 0.600. The number of hydrogen-bond acceptors (Lipinski definition) is 4. The van der Waals surface area contributed by atoms with Gasteiger partial charge in [-0.05, 0) is 13.1 Å². The number of para-hydroxylation sites is 1. The fourth-order valence-corrected chi connectivity index (χ4v) is 3.08. The van der Waals surface area contributed by atoms with Crippen LogP contribution in [-0.2, 0) is 4.74 Å². The molecule has 2 aliphatic rings. The second-order valence-corrected chi connectivity index (χ2v) is 5.24. The molecule has 1 saturated heterocycles. The third-order valence-corrected chi connectivity index (χ3v) is 3.97. The molecule has 1 N–H and O–H groups in total. The Hall–Kier alpha value is -1.10. The maximum Gasteiger partial charge on any atom is 0.124 e. The highest BCUT2D eigenvalue weighted by Crippen LogP contribution is 2.36. The molecule has 2 unspecified atom stereocenters. The minimum Gasteiger partial charge on any atom is -0.493 e. The number of rotatable bonds is 3. The van der Waals surface area contributed by atoms with Crippen LogP contribution >= 0.6 is 0 Å². The second-order valence-electron chi connectivity index (χ2n) is 5.24. The first-order valence-electron chi connectivity index (χ1n) is 7.10. The number of likely N-dealkylation sites (N-methyl/N-ethyl adjacent to an activating group) is 1. The standard InChI is InChI=1S/C15H22N2O2/c1-16-10-12-11-17(7-9-18-12)14-6-8-19-15-5-3-2-4-13(14)15/h2-5,12,14,16H,6-11H2,1H3. The van der Waals surface area contributed by atoms with Crippen molar-refractivity contribution in [1.29, 1.82) is 0 Å². The zero-order valence-electron chi connectivity index (χ0n) is 11.5. The zero-order chi connectivity index (χ0) is 13.1. The third kappa shape index (κ3) is 2.76. The summed E-state index contributed by atoms with van der Waals surface area (Å²) in [7, 11) is 1.98. The minimum atomic E-state index is 0.300. The molecule has 0 amide bonds. The van der Waals surface area contributed by atoms with E-state index in [1.54, 1.807) is 0 Å². The average molecular weight is 262 g/mol. The molecule has 2 heterocycles.